The van der Waals surface area contributed by atoms with Crippen molar-refractivity contribution in [1.82, 2.24) is 4.98 Å². The molecule has 78 valence electrons. The van der Waals surface area contributed by atoms with Gasteiger partial charge in [0.25, 0.3) is 0 Å². The molecule has 0 aromatic carbocycles. The van der Waals surface area contributed by atoms with E-state index >= 15 is 0 Å². The fourth-order valence-electron chi connectivity index (χ4n) is 2.74. The zero-order valence-electron chi connectivity index (χ0n) is 9.38. The van der Waals surface area contributed by atoms with Crippen LogP contribution in [0, 0.1) is 5.92 Å². The normalized spacial score (nSPS) is 27.6. The molecule has 1 heteroatoms. The van der Waals surface area contributed by atoms with E-state index in [0.717, 1.165) is 0 Å². The van der Waals surface area contributed by atoms with Gasteiger partial charge in [-0.2, -0.15) is 0 Å². The van der Waals surface area contributed by atoms with Gasteiger partial charge in [0.2, 0.25) is 0 Å². The number of rotatable bonds is 0. The number of nitrogens with one attached hydrogen (secondary N) is 1. The minimum absolute atomic E-state index is 0.667. The van der Waals surface area contributed by atoms with Gasteiger partial charge < -0.3 is 4.98 Å². The summed E-state index contributed by atoms with van der Waals surface area (Å²) in [5.41, 5.74) is 2.87. The maximum Gasteiger partial charge on any atom is 0.0423 e. The molecule has 0 amide bonds. The molecule has 0 bridgehead atoms. The molecule has 0 saturated heterocycles. The molecule has 2 aliphatic rings. The summed E-state index contributed by atoms with van der Waals surface area (Å²) in [5, 5.41) is 2.82. The van der Waals surface area contributed by atoms with Crippen LogP contribution in [-0.4, -0.2) is 4.98 Å². The van der Waals surface area contributed by atoms with Crippen molar-refractivity contribution in [3.8, 4) is 0 Å². The number of allylic oxidation sites excluding steroid dienone is 1. The zero-order chi connectivity index (χ0) is 10.4. The quantitative estimate of drug-likeness (QED) is 0.659. The van der Waals surface area contributed by atoms with Crippen molar-refractivity contribution in [2.45, 2.75) is 32.6 Å². The molecule has 1 aromatic rings. The van der Waals surface area contributed by atoms with Gasteiger partial charge in [-0.1, -0.05) is 32.1 Å². The maximum atomic E-state index is 3.53. The van der Waals surface area contributed by atoms with Crippen molar-refractivity contribution in [2.24, 2.45) is 5.92 Å². The number of fused-ring (bicyclic) bond motifs is 3. The van der Waals surface area contributed by atoms with E-state index in [9.17, 15) is 0 Å². The van der Waals surface area contributed by atoms with Gasteiger partial charge in [0, 0.05) is 11.0 Å². The Balaban J connectivity index is 2.35. The molecule has 2 unspecified atom stereocenters. The molecule has 1 aromatic heterocycles. The standard InChI is InChI=1S/C14H17N/c1-9-6-7-12-11(8-9)14-10(2)4-3-5-13(14)15-12/h3,5,7-10,15H,4,6H2,1-2H3. The van der Waals surface area contributed by atoms with Crippen molar-refractivity contribution in [3.63, 3.8) is 0 Å². The van der Waals surface area contributed by atoms with Crippen LogP contribution in [-0.2, 0) is 0 Å². The number of aromatic nitrogens is 1. The second kappa shape index (κ2) is 3.13. The largest absolute Gasteiger partial charge is 0.355 e. The van der Waals surface area contributed by atoms with Crippen LogP contribution in [0.1, 0.15) is 43.9 Å². The highest BCUT2D eigenvalue weighted by Crippen LogP contribution is 2.25. The Morgan fingerprint density at radius 1 is 1.27 bits per heavy atom. The Morgan fingerprint density at radius 3 is 3.00 bits per heavy atom. The summed E-state index contributed by atoms with van der Waals surface area (Å²) in [6, 6.07) is 0. The van der Waals surface area contributed by atoms with Crippen LogP contribution in [0.4, 0.5) is 0 Å². The zero-order valence-corrected chi connectivity index (χ0v) is 9.38. The number of hydrogen-bond donors (Lipinski definition) is 1. The lowest BCUT2D eigenvalue weighted by molar-refractivity contribution is 0.759. The van der Waals surface area contributed by atoms with Crippen LogP contribution in [0.25, 0.3) is 18.2 Å². The molecule has 2 aliphatic carbocycles. The summed E-state index contributed by atoms with van der Waals surface area (Å²) < 4.78 is 0. The van der Waals surface area contributed by atoms with Crippen LogP contribution in [0.2, 0.25) is 0 Å². The van der Waals surface area contributed by atoms with Gasteiger partial charge in [0.05, 0.1) is 0 Å². The number of hydrogen-bond acceptors (Lipinski definition) is 0. The number of H-pyrrole nitrogens is 1. The van der Waals surface area contributed by atoms with Gasteiger partial charge in [-0.25, -0.2) is 0 Å². The Bertz CT molecular complexity index is 530. The molecule has 0 saturated carbocycles. The fourth-order valence-corrected chi connectivity index (χ4v) is 2.74. The second-order valence-corrected chi connectivity index (χ2v) is 4.90. The summed E-state index contributed by atoms with van der Waals surface area (Å²) in [7, 11) is 0. The van der Waals surface area contributed by atoms with Crippen LogP contribution < -0.4 is 10.6 Å². The minimum Gasteiger partial charge on any atom is -0.355 e. The highest BCUT2D eigenvalue weighted by Gasteiger charge is 2.18. The van der Waals surface area contributed by atoms with Crippen molar-refractivity contribution >= 4 is 18.2 Å². The third-order valence-electron chi connectivity index (χ3n) is 3.55. The summed E-state index contributed by atoms with van der Waals surface area (Å²) in [4.78, 5) is 3.53. The van der Waals surface area contributed by atoms with Gasteiger partial charge in [-0.05, 0) is 41.5 Å². The van der Waals surface area contributed by atoms with E-state index < -0.39 is 0 Å². The molecule has 0 fully saturated rings. The first-order valence-corrected chi connectivity index (χ1v) is 5.86. The molecule has 0 aliphatic heterocycles. The van der Waals surface area contributed by atoms with Crippen LogP contribution in [0.15, 0.2) is 6.08 Å². The predicted octanol–water partition coefficient (Wildman–Crippen LogP) is 2.14. The average Bonchev–Trinajstić information content (AvgIpc) is 2.57. The average molecular weight is 199 g/mol. The van der Waals surface area contributed by atoms with Gasteiger partial charge in [0.1, 0.15) is 0 Å². The van der Waals surface area contributed by atoms with Crippen molar-refractivity contribution in [2.75, 3.05) is 0 Å². The van der Waals surface area contributed by atoms with E-state index in [1.54, 1.807) is 0 Å². The topological polar surface area (TPSA) is 15.8 Å². The van der Waals surface area contributed by atoms with E-state index in [4.69, 9.17) is 0 Å². The summed E-state index contributed by atoms with van der Waals surface area (Å²) >= 11 is 0. The van der Waals surface area contributed by atoms with Crippen molar-refractivity contribution in [3.05, 3.63) is 27.9 Å². The molecule has 3 rings (SSSR count). The second-order valence-electron chi connectivity index (χ2n) is 4.90. The molecule has 0 spiro atoms. The highest BCUT2D eigenvalue weighted by molar-refractivity contribution is 5.58. The Hall–Kier alpha value is -1.24. The van der Waals surface area contributed by atoms with Crippen LogP contribution in [0.5, 0.6) is 0 Å². The monoisotopic (exact) mass is 199 g/mol. The lowest BCUT2D eigenvalue weighted by atomic mass is 9.90. The predicted molar refractivity (Wildman–Crippen MR) is 64.8 cm³/mol. The summed E-state index contributed by atoms with van der Waals surface area (Å²) in [6.07, 6.45) is 11.6. The van der Waals surface area contributed by atoms with E-state index in [0.29, 0.717) is 11.8 Å². The SMILES string of the molecule is CC1C=c2c3c([nH]c2=CC1)C=CCC3C. The minimum atomic E-state index is 0.667. The first kappa shape index (κ1) is 9.02. The fraction of sp³-hybridized carbons (Fsp3) is 0.429. The lowest BCUT2D eigenvalue weighted by Crippen LogP contribution is -2.29. The van der Waals surface area contributed by atoms with Crippen LogP contribution in [0.3, 0.4) is 0 Å². The van der Waals surface area contributed by atoms with Crippen molar-refractivity contribution in [1.29, 1.82) is 0 Å². The molecule has 0 radical (unpaired) electrons. The van der Waals surface area contributed by atoms with Gasteiger partial charge in [-0.3, -0.25) is 0 Å². The Morgan fingerprint density at radius 2 is 2.13 bits per heavy atom. The molecular weight excluding hydrogens is 182 g/mol. The van der Waals surface area contributed by atoms with Gasteiger partial charge >= 0.3 is 0 Å². The molecule has 1 heterocycles. The molecular formula is C14H17N. The van der Waals surface area contributed by atoms with Crippen LogP contribution >= 0.6 is 0 Å². The Labute approximate surface area is 90.2 Å². The molecule has 15 heavy (non-hydrogen) atoms. The molecule has 2 atom stereocenters. The van der Waals surface area contributed by atoms with Crippen molar-refractivity contribution < 1.29 is 0 Å². The van der Waals surface area contributed by atoms with E-state index in [-0.39, 0.29) is 0 Å². The first-order chi connectivity index (χ1) is 7.25. The van der Waals surface area contributed by atoms with Gasteiger partial charge in [0.15, 0.2) is 0 Å². The number of aromatic amines is 1. The highest BCUT2D eigenvalue weighted by atomic mass is 14.7. The molecule has 1 N–H and O–H groups in total. The first-order valence-electron chi connectivity index (χ1n) is 5.86. The maximum absolute atomic E-state index is 3.53. The van der Waals surface area contributed by atoms with Gasteiger partial charge in [-0.15, -0.1) is 0 Å². The third kappa shape index (κ3) is 1.30. The van der Waals surface area contributed by atoms with E-state index in [2.05, 4.69) is 43.1 Å². The van der Waals surface area contributed by atoms with E-state index in [1.165, 1.54) is 34.7 Å². The summed E-state index contributed by atoms with van der Waals surface area (Å²) in [5.74, 6) is 1.36. The summed E-state index contributed by atoms with van der Waals surface area (Å²) in [6.45, 7) is 4.62. The lowest BCUT2D eigenvalue weighted by Gasteiger charge is -2.14. The smallest absolute Gasteiger partial charge is 0.0423 e. The Kier molecular flexibility index (Phi) is 1.88. The van der Waals surface area contributed by atoms with E-state index in [1.807, 2.05) is 0 Å². The third-order valence-corrected chi connectivity index (χ3v) is 3.55. The molecule has 1 nitrogen and oxygen atoms in total.